The molecule has 1 aliphatic rings. The molecule has 0 atom stereocenters. The van der Waals surface area contributed by atoms with Gasteiger partial charge in [0.2, 0.25) is 0 Å². The van der Waals surface area contributed by atoms with E-state index in [1.807, 2.05) is 36.4 Å². The summed E-state index contributed by atoms with van der Waals surface area (Å²) in [5, 5.41) is 9.79. The molecule has 5 heteroatoms. The number of carbonyl (C=O) groups is 1. The van der Waals surface area contributed by atoms with Gasteiger partial charge in [-0.05, 0) is 40.5 Å². The first-order valence-corrected chi connectivity index (χ1v) is 10.1. The van der Waals surface area contributed by atoms with Crippen molar-refractivity contribution in [2.75, 3.05) is 13.1 Å². The van der Waals surface area contributed by atoms with E-state index >= 15 is 0 Å². The molecule has 29 heavy (non-hydrogen) atoms. The Morgan fingerprint density at radius 1 is 0.931 bits per heavy atom. The first kappa shape index (κ1) is 19.6. The molecule has 3 nitrogen and oxygen atoms in total. The summed E-state index contributed by atoms with van der Waals surface area (Å²) in [6, 6.07) is 24.6. The summed E-state index contributed by atoms with van der Waals surface area (Å²) in [6.45, 7) is 1.04. The minimum Gasteiger partial charge on any atom is -0.478 e. The highest BCUT2D eigenvalue weighted by atomic mass is 79.9. The van der Waals surface area contributed by atoms with Crippen molar-refractivity contribution in [2.24, 2.45) is 0 Å². The molecule has 0 radical (unpaired) electrons. The van der Waals surface area contributed by atoms with Crippen LogP contribution in [0.2, 0.25) is 0 Å². The molecule has 0 saturated carbocycles. The molecule has 4 rings (SSSR count). The molecule has 1 N–H and O–H groups in total. The monoisotopic (exact) mass is 451 g/mol. The van der Waals surface area contributed by atoms with Crippen molar-refractivity contribution in [1.82, 2.24) is 4.90 Å². The average Bonchev–Trinajstić information content (AvgIpc) is 2.67. The van der Waals surface area contributed by atoms with E-state index in [0.29, 0.717) is 23.1 Å². The Labute approximate surface area is 177 Å². The number of likely N-dealkylation sites (tertiary alicyclic amines) is 1. The van der Waals surface area contributed by atoms with Crippen molar-refractivity contribution in [2.45, 2.75) is 6.04 Å². The first-order chi connectivity index (χ1) is 14.0. The lowest BCUT2D eigenvalue weighted by Crippen LogP contribution is -2.44. The molecule has 146 valence electrons. The van der Waals surface area contributed by atoms with Crippen LogP contribution in [0.4, 0.5) is 4.39 Å². The van der Waals surface area contributed by atoms with Gasteiger partial charge in [-0.1, -0.05) is 76.6 Å². The lowest BCUT2D eigenvalue weighted by Gasteiger charge is -2.42. The van der Waals surface area contributed by atoms with E-state index in [4.69, 9.17) is 0 Å². The van der Waals surface area contributed by atoms with Crippen LogP contribution in [0.15, 0.2) is 88.9 Å². The summed E-state index contributed by atoms with van der Waals surface area (Å²) in [4.78, 5) is 14.2. The summed E-state index contributed by atoms with van der Waals surface area (Å²) in [5.41, 5.74) is 3.68. The maximum Gasteiger partial charge on any atom is 0.336 e. The third-order valence-electron chi connectivity index (χ3n) is 5.10. The molecule has 1 heterocycles. The molecule has 0 amide bonds. The van der Waals surface area contributed by atoms with Crippen molar-refractivity contribution in [1.29, 1.82) is 0 Å². The second kappa shape index (κ2) is 8.31. The van der Waals surface area contributed by atoms with Crippen molar-refractivity contribution >= 4 is 27.5 Å². The molecule has 3 aromatic carbocycles. The van der Waals surface area contributed by atoms with Gasteiger partial charge in [-0.25, -0.2) is 9.18 Å². The van der Waals surface area contributed by atoms with Gasteiger partial charge in [0.1, 0.15) is 5.82 Å². The number of benzene rings is 3. The Morgan fingerprint density at radius 2 is 1.48 bits per heavy atom. The summed E-state index contributed by atoms with van der Waals surface area (Å²) < 4.78 is 14.4. The molecule has 0 spiro atoms. The minimum atomic E-state index is -1.03. The van der Waals surface area contributed by atoms with Crippen molar-refractivity contribution in [3.05, 3.63) is 111 Å². The molecule has 0 bridgehead atoms. The summed E-state index contributed by atoms with van der Waals surface area (Å²) in [7, 11) is 0. The van der Waals surface area contributed by atoms with Crippen LogP contribution in [-0.2, 0) is 4.79 Å². The van der Waals surface area contributed by atoms with E-state index in [9.17, 15) is 14.3 Å². The molecular weight excluding hydrogens is 433 g/mol. The second-order valence-electron chi connectivity index (χ2n) is 7.07. The summed E-state index contributed by atoms with van der Waals surface area (Å²) in [6.07, 6.45) is 0. The quantitative estimate of drug-likeness (QED) is 0.518. The third-order valence-corrected chi connectivity index (χ3v) is 5.56. The number of carboxylic acids is 1. The highest BCUT2D eigenvalue weighted by Crippen LogP contribution is 2.37. The van der Waals surface area contributed by atoms with Crippen molar-refractivity contribution in [3.63, 3.8) is 0 Å². The fourth-order valence-corrected chi connectivity index (χ4v) is 4.31. The summed E-state index contributed by atoms with van der Waals surface area (Å²) in [5.74, 6) is -1.50. The van der Waals surface area contributed by atoms with Gasteiger partial charge in [0.05, 0.1) is 11.6 Å². The number of nitrogens with zero attached hydrogens (tertiary/aromatic N) is 1. The van der Waals surface area contributed by atoms with E-state index < -0.39 is 11.8 Å². The highest BCUT2D eigenvalue weighted by Gasteiger charge is 2.33. The minimum absolute atomic E-state index is 0.0374. The number of hydrogen-bond donors (Lipinski definition) is 1. The number of aliphatic carboxylic acids is 1. The standard InChI is InChI=1S/C24H19BrFNO2/c25-20-11-18(12-21(26)13-20)22(24(28)29)19-14-27(15-19)23(16-7-3-1-4-8-16)17-9-5-2-6-10-17/h1-13,23H,14-15H2,(H,28,29). The Hall–Kier alpha value is -2.76. The van der Waals surface area contributed by atoms with Gasteiger partial charge < -0.3 is 5.11 Å². The third kappa shape index (κ3) is 4.16. The zero-order chi connectivity index (χ0) is 20.4. The molecule has 0 aromatic heterocycles. The van der Waals surface area contributed by atoms with Gasteiger partial charge >= 0.3 is 5.97 Å². The van der Waals surface area contributed by atoms with Gasteiger partial charge in [0.15, 0.2) is 0 Å². The van der Waals surface area contributed by atoms with E-state index in [1.54, 1.807) is 6.07 Å². The van der Waals surface area contributed by atoms with Crippen LogP contribution in [0.1, 0.15) is 22.7 Å². The van der Waals surface area contributed by atoms with Crippen molar-refractivity contribution < 1.29 is 14.3 Å². The van der Waals surface area contributed by atoms with E-state index in [1.165, 1.54) is 12.1 Å². The predicted octanol–water partition coefficient (Wildman–Crippen LogP) is 5.53. The number of carboxylic acid groups (broad SMARTS) is 1. The van der Waals surface area contributed by atoms with Crippen LogP contribution < -0.4 is 0 Å². The van der Waals surface area contributed by atoms with E-state index in [-0.39, 0.29) is 11.6 Å². The number of rotatable bonds is 5. The zero-order valence-corrected chi connectivity index (χ0v) is 17.1. The van der Waals surface area contributed by atoms with Gasteiger partial charge in [0.25, 0.3) is 0 Å². The van der Waals surface area contributed by atoms with E-state index in [2.05, 4.69) is 45.1 Å². The molecule has 3 aromatic rings. The first-order valence-electron chi connectivity index (χ1n) is 9.28. The van der Waals surface area contributed by atoms with E-state index in [0.717, 1.165) is 16.7 Å². The Morgan fingerprint density at radius 3 is 1.97 bits per heavy atom. The van der Waals surface area contributed by atoms with Crippen LogP contribution in [0.3, 0.4) is 0 Å². The fourth-order valence-electron chi connectivity index (χ4n) is 3.85. The van der Waals surface area contributed by atoms with Crippen LogP contribution >= 0.6 is 15.9 Å². The van der Waals surface area contributed by atoms with Gasteiger partial charge in [-0.15, -0.1) is 0 Å². The lowest BCUT2D eigenvalue weighted by atomic mass is 9.89. The largest absolute Gasteiger partial charge is 0.478 e. The summed E-state index contributed by atoms with van der Waals surface area (Å²) >= 11 is 3.25. The SMILES string of the molecule is O=C(O)C(=C1CN(C(c2ccccc2)c2ccccc2)C1)c1cc(F)cc(Br)c1. The molecular formula is C24H19BrFNO2. The fraction of sp³-hybridized carbons (Fsp3) is 0.125. The maximum atomic E-state index is 13.8. The average molecular weight is 452 g/mol. The van der Waals surface area contributed by atoms with Crippen LogP contribution in [0.25, 0.3) is 5.57 Å². The highest BCUT2D eigenvalue weighted by molar-refractivity contribution is 9.10. The Bertz CT molecular complexity index is 999. The Balaban J connectivity index is 1.68. The van der Waals surface area contributed by atoms with Crippen molar-refractivity contribution in [3.8, 4) is 0 Å². The molecule has 0 aliphatic carbocycles. The second-order valence-corrected chi connectivity index (χ2v) is 7.99. The predicted molar refractivity (Wildman–Crippen MR) is 115 cm³/mol. The molecule has 1 aliphatic heterocycles. The number of hydrogen-bond acceptors (Lipinski definition) is 2. The van der Waals surface area contributed by atoms with Gasteiger partial charge in [-0.3, -0.25) is 4.90 Å². The lowest BCUT2D eigenvalue weighted by molar-refractivity contribution is -0.130. The zero-order valence-electron chi connectivity index (χ0n) is 15.6. The van der Waals surface area contributed by atoms with Crippen LogP contribution in [0.5, 0.6) is 0 Å². The normalized spacial score (nSPS) is 14.0. The topological polar surface area (TPSA) is 40.5 Å². The van der Waals surface area contributed by atoms with Gasteiger partial charge in [-0.2, -0.15) is 0 Å². The maximum absolute atomic E-state index is 13.8. The number of halogens is 2. The van der Waals surface area contributed by atoms with Crippen LogP contribution in [0, 0.1) is 5.82 Å². The Kier molecular flexibility index (Phi) is 5.60. The molecule has 0 unspecified atom stereocenters. The molecule has 1 saturated heterocycles. The van der Waals surface area contributed by atoms with Gasteiger partial charge in [0, 0.05) is 17.6 Å². The van der Waals surface area contributed by atoms with Crippen LogP contribution in [-0.4, -0.2) is 29.1 Å². The molecule has 1 fully saturated rings. The smallest absolute Gasteiger partial charge is 0.336 e.